The van der Waals surface area contributed by atoms with Crippen molar-refractivity contribution in [2.75, 3.05) is 6.26 Å². The van der Waals surface area contributed by atoms with Gasteiger partial charge in [0, 0.05) is 16.5 Å². The molecule has 0 unspecified atom stereocenters. The van der Waals surface area contributed by atoms with Gasteiger partial charge in [-0.2, -0.15) is 0 Å². The van der Waals surface area contributed by atoms with E-state index in [4.69, 9.17) is 0 Å². The Hall–Kier alpha value is -1.33. The van der Waals surface area contributed by atoms with Crippen molar-refractivity contribution in [1.82, 2.24) is 15.0 Å². The molecule has 0 amide bonds. The van der Waals surface area contributed by atoms with E-state index in [2.05, 4.69) is 33.3 Å². The first-order chi connectivity index (χ1) is 7.86. The van der Waals surface area contributed by atoms with Gasteiger partial charge < -0.3 is 4.98 Å². The highest BCUT2D eigenvalue weighted by Gasteiger charge is 2.07. The van der Waals surface area contributed by atoms with E-state index in [-0.39, 0.29) is 0 Å². The number of thioether (sulfide) groups is 1. The summed E-state index contributed by atoms with van der Waals surface area (Å²) in [6, 6.07) is 6.23. The van der Waals surface area contributed by atoms with E-state index in [0.717, 1.165) is 21.9 Å². The number of benzene rings is 1. The second kappa shape index (κ2) is 3.92. The van der Waals surface area contributed by atoms with Crippen molar-refractivity contribution in [1.29, 1.82) is 0 Å². The molecule has 0 saturated heterocycles. The summed E-state index contributed by atoms with van der Waals surface area (Å²) >= 11 is 3.32. The van der Waals surface area contributed by atoms with Crippen LogP contribution in [0.4, 0.5) is 0 Å². The Morgan fingerprint density at radius 2 is 2.31 bits per heavy atom. The lowest BCUT2D eigenvalue weighted by atomic mass is 10.3. The van der Waals surface area contributed by atoms with Gasteiger partial charge in [-0.1, -0.05) is 0 Å². The van der Waals surface area contributed by atoms with Crippen LogP contribution >= 0.6 is 23.1 Å². The summed E-state index contributed by atoms with van der Waals surface area (Å²) in [6.07, 6.45) is 3.86. The Kier molecular flexibility index (Phi) is 2.41. The molecule has 0 fully saturated rings. The third-order valence-corrected chi connectivity index (χ3v) is 3.83. The van der Waals surface area contributed by atoms with Gasteiger partial charge in [0.1, 0.15) is 0 Å². The lowest BCUT2D eigenvalue weighted by Gasteiger charge is -1.93. The zero-order valence-electron chi connectivity index (χ0n) is 8.60. The quantitative estimate of drug-likeness (QED) is 0.706. The average molecular weight is 247 g/mol. The molecule has 80 valence electrons. The van der Waals surface area contributed by atoms with Crippen LogP contribution in [-0.2, 0) is 0 Å². The largest absolute Gasteiger partial charge is 0.336 e. The molecule has 3 aromatic rings. The van der Waals surface area contributed by atoms with Crippen LogP contribution in [-0.4, -0.2) is 21.2 Å². The molecule has 1 N–H and O–H groups in total. The maximum absolute atomic E-state index is 4.51. The van der Waals surface area contributed by atoms with Gasteiger partial charge in [-0.15, -0.1) is 23.1 Å². The number of imidazole rings is 1. The molecule has 5 heteroatoms. The number of rotatable bonds is 2. The lowest BCUT2D eigenvalue weighted by molar-refractivity contribution is 1.29. The molecule has 1 aromatic carbocycles. The van der Waals surface area contributed by atoms with E-state index < -0.39 is 0 Å². The van der Waals surface area contributed by atoms with E-state index in [1.165, 1.54) is 4.90 Å². The number of aromatic nitrogens is 3. The first-order valence-corrected chi connectivity index (χ1v) is 6.91. The molecule has 0 bridgehead atoms. The van der Waals surface area contributed by atoms with E-state index in [1.54, 1.807) is 29.3 Å². The highest BCUT2D eigenvalue weighted by atomic mass is 32.2. The number of nitrogens with zero attached hydrogens (tertiary/aromatic N) is 2. The standard InChI is InChI=1S/C11H9N3S2/c1-15-7-2-3-8-9(6-7)14-10(13-8)11-12-4-5-16-11/h2-6H,1H3,(H,13,14). The van der Waals surface area contributed by atoms with Crippen molar-refractivity contribution >= 4 is 34.1 Å². The molecule has 0 spiro atoms. The SMILES string of the molecule is CSc1ccc2nc(-c3nccs3)[nH]c2c1. The second-order valence-electron chi connectivity index (χ2n) is 3.31. The van der Waals surface area contributed by atoms with Crippen LogP contribution in [0.1, 0.15) is 0 Å². The number of hydrogen-bond acceptors (Lipinski definition) is 4. The fourth-order valence-corrected chi connectivity index (χ4v) is 2.58. The zero-order chi connectivity index (χ0) is 11.0. The van der Waals surface area contributed by atoms with Gasteiger partial charge in [0.25, 0.3) is 0 Å². The molecular formula is C11H9N3S2. The molecule has 0 aliphatic carbocycles. The van der Waals surface area contributed by atoms with Crippen LogP contribution in [0.2, 0.25) is 0 Å². The summed E-state index contributed by atoms with van der Waals surface area (Å²) in [7, 11) is 0. The molecule has 2 aromatic heterocycles. The Balaban J connectivity index is 2.16. The summed E-state index contributed by atoms with van der Waals surface area (Å²) in [5.74, 6) is 0.850. The minimum atomic E-state index is 0.850. The Morgan fingerprint density at radius 1 is 1.38 bits per heavy atom. The predicted octanol–water partition coefficient (Wildman–Crippen LogP) is 3.41. The molecular weight excluding hydrogens is 238 g/mol. The Labute approximate surface area is 101 Å². The second-order valence-corrected chi connectivity index (χ2v) is 5.08. The minimum Gasteiger partial charge on any atom is -0.336 e. The molecule has 0 radical (unpaired) electrons. The van der Waals surface area contributed by atoms with Crippen molar-refractivity contribution in [3.8, 4) is 10.8 Å². The van der Waals surface area contributed by atoms with E-state index in [9.17, 15) is 0 Å². The molecule has 16 heavy (non-hydrogen) atoms. The topological polar surface area (TPSA) is 41.6 Å². The van der Waals surface area contributed by atoms with Crippen LogP contribution in [0.5, 0.6) is 0 Å². The molecule has 3 rings (SSSR count). The molecule has 0 aliphatic rings. The lowest BCUT2D eigenvalue weighted by Crippen LogP contribution is -1.76. The third kappa shape index (κ3) is 1.62. The minimum absolute atomic E-state index is 0.850. The summed E-state index contributed by atoms with van der Waals surface area (Å²) in [5, 5.41) is 2.89. The number of thiazole rings is 1. The third-order valence-electron chi connectivity index (χ3n) is 2.32. The van der Waals surface area contributed by atoms with E-state index in [0.29, 0.717) is 0 Å². The van der Waals surface area contributed by atoms with Crippen molar-refractivity contribution in [2.45, 2.75) is 4.90 Å². The molecule has 0 saturated carbocycles. The van der Waals surface area contributed by atoms with Gasteiger partial charge >= 0.3 is 0 Å². The van der Waals surface area contributed by atoms with Crippen LogP contribution in [0.3, 0.4) is 0 Å². The van der Waals surface area contributed by atoms with Crippen molar-refractivity contribution in [2.24, 2.45) is 0 Å². The van der Waals surface area contributed by atoms with Crippen molar-refractivity contribution < 1.29 is 0 Å². The Morgan fingerprint density at radius 3 is 3.06 bits per heavy atom. The maximum atomic E-state index is 4.51. The number of nitrogens with one attached hydrogen (secondary N) is 1. The molecule has 0 aliphatic heterocycles. The molecule has 0 atom stereocenters. The average Bonchev–Trinajstić information content (AvgIpc) is 2.96. The molecule has 2 heterocycles. The highest BCUT2D eigenvalue weighted by Crippen LogP contribution is 2.25. The zero-order valence-corrected chi connectivity index (χ0v) is 10.2. The van der Waals surface area contributed by atoms with Crippen LogP contribution in [0, 0.1) is 0 Å². The van der Waals surface area contributed by atoms with Gasteiger partial charge in [-0.3, -0.25) is 0 Å². The Bertz CT molecular complexity index is 613. The smallest absolute Gasteiger partial charge is 0.167 e. The number of aromatic amines is 1. The fourth-order valence-electron chi connectivity index (χ4n) is 1.56. The van der Waals surface area contributed by atoms with Crippen LogP contribution in [0.15, 0.2) is 34.7 Å². The first-order valence-electron chi connectivity index (χ1n) is 4.80. The molecule has 3 nitrogen and oxygen atoms in total. The van der Waals surface area contributed by atoms with Gasteiger partial charge in [0.15, 0.2) is 10.8 Å². The number of fused-ring (bicyclic) bond motifs is 1. The van der Waals surface area contributed by atoms with E-state index >= 15 is 0 Å². The summed E-state index contributed by atoms with van der Waals surface area (Å²) in [6.45, 7) is 0. The summed E-state index contributed by atoms with van der Waals surface area (Å²) in [5.41, 5.74) is 2.06. The normalized spacial score (nSPS) is 11.1. The number of hydrogen-bond donors (Lipinski definition) is 1. The van der Waals surface area contributed by atoms with Gasteiger partial charge in [0.2, 0.25) is 0 Å². The maximum Gasteiger partial charge on any atom is 0.167 e. The fraction of sp³-hybridized carbons (Fsp3) is 0.0909. The first kappa shape index (κ1) is 9.86. The van der Waals surface area contributed by atoms with Crippen LogP contribution in [0.25, 0.3) is 21.9 Å². The van der Waals surface area contributed by atoms with Crippen molar-refractivity contribution in [3.63, 3.8) is 0 Å². The summed E-state index contributed by atoms with van der Waals surface area (Å²) < 4.78 is 0. The summed E-state index contributed by atoms with van der Waals surface area (Å²) in [4.78, 5) is 13.3. The van der Waals surface area contributed by atoms with Crippen LogP contribution < -0.4 is 0 Å². The monoisotopic (exact) mass is 247 g/mol. The predicted molar refractivity (Wildman–Crippen MR) is 69.0 cm³/mol. The van der Waals surface area contributed by atoms with E-state index in [1.807, 2.05) is 11.4 Å². The van der Waals surface area contributed by atoms with Gasteiger partial charge in [-0.25, -0.2) is 9.97 Å². The van der Waals surface area contributed by atoms with Gasteiger partial charge in [0.05, 0.1) is 11.0 Å². The number of H-pyrrole nitrogens is 1. The van der Waals surface area contributed by atoms with Gasteiger partial charge in [-0.05, 0) is 24.5 Å². The van der Waals surface area contributed by atoms with Crippen molar-refractivity contribution in [3.05, 3.63) is 29.8 Å². The highest BCUT2D eigenvalue weighted by molar-refractivity contribution is 7.98.